The van der Waals surface area contributed by atoms with Gasteiger partial charge in [-0.25, -0.2) is 9.78 Å². The minimum Gasteiger partial charge on any atom is -0.481 e. The van der Waals surface area contributed by atoms with Gasteiger partial charge in [0.25, 0.3) is 0 Å². The molecule has 3 rings (SSSR count). The van der Waals surface area contributed by atoms with Gasteiger partial charge in [-0.2, -0.15) is 0 Å². The van der Waals surface area contributed by atoms with Gasteiger partial charge in [0.15, 0.2) is 5.96 Å². The second-order valence-electron chi connectivity index (χ2n) is 7.46. The first-order valence-electron chi connectivity index (χ1n) is 8.88. The maximum atomic E-state index is 12.3. The highest BCUT2D eigenvalue weighted by Gasteiger charge is 2.36. The summed E-state index contributed by atoms with van der Waals surface area (Å²) in [5, 5.41) is 3.35. The summed E-state index contributed by atoms with van der Waals surface area (Å²) in [6, 6.07) is 5.88. The average Bonchev–Trinajstić information content (AvgIpc) is 3.01. The fourth-order valence-electron chi connectivity index (χ4n) is 3.06. The number of carbonyl (C=O) groups is 1. The summed E-state index contributed by atoms with van der Waals surface area (Å²) < 4.78 is 10.6. The van der Waals surface area contributed by atoms with Gasteiger partial charge in [0, 0.05) is 25.7 Å². The van der Waals surface area contributed by atoms with Crippen LogP contribution in [0.3, 0.4) is 0 Å². The number of guanidine groups is 1. The van der Waals surface area contributed by atoms with Crippen molar-refractivity contribution in [2.75, 3.05) is 33.3 Å². The highest BCUT2D eigenvalue weighted by molar-refractivity contribution is 14.0. The van der Waals surface area contributed by atoms with Crippen LogP contribution in [-0.4, -0.2) is 71.8 Å². The SMILES string of the molecule is COc1cccc(CNC2=NCC3CN(C(=O)OC(C)(C)C)CCN23)n1.I. The van der Waals surface area contributed by atoms with E-state index in [-0.39, 0.29) is 36.1 Å². The number of halogens is 1. The Morgan fingerprint density at radius 1 is 1.33 bits per heavy atom. The van der Waals surface area contributed by atoms with E-state index in [4.69, 9.17) is 9.47 Å². The number of piperazine rings is 1. The van der Waals surface area contributed by atoms with Crippen molar-refractivity contribution in [3.05, 3.63) is 23.9 Å². The molecule has 150 valence electrons. The largest absolute Gasteiger partial charge is 0.481 e. The predicted octanol–water partition coefficient (Wildman–Crippen LogP) is 2.09. The molecule has 0 radical (unpaired) electrons. The highest BCUT2D eigenvalue weighted by Crippen LogP contribution is 2.19. The molecule has 1 atom stereocenters. The maximum Gasteiger partial charge on any atom is 0.410 e. The molecule has 0 aliphatic carbocycles. The molecule has 8 nitrogen and oxygen atoms in total. The number of aromatic nitrogens is 1. The molecule has 0 aromatic carbocycles. The molecule has 0 bridgehead atoms. The molecular weight excluding hydrogens is 461 g/mol. The number of rotatable bonds is 3. The van der Waals surface area contributed by atoms with E-state index < -0.39 is 5.60 Å². The first-order chi connectivity index (χ1) is 12.4. The van der Waals surface area contributed by atoms with Crippen LogP contribution in [0.25, 0.3) is 0 Å². The minimum atomic E-state index is -0.475. The second kappa shape index (κ2) is 8.94. The summed E-state index contributed by atoms with van der Waals surface area (Å²) in [6.07, 6.45) is -0.251. The van der Waals surface area contributed by atoms with E-state index in [2.05, 4.69) is 20.2 Å². The lowest BCUT2D eigenvalue weighted by atomic mass is 10.2. The molecule has 1 unspecified atom stereocenters. The van der Waals surface area contributed by atoms with Crippen molar-refractivity contribution < 1.29 is 14.3 Å². The predicted molar refractivity (Wildman–Crippen MR) is 114 cm³/mol. The fourth-order valence-corrected chi connectivity index (χ4v) is 3.06. The number of nitrogens with one attached hydrogen (secondary N) is 1. The normalized spacial score (nSPS) is 19.0. The van der Waals surface area contributed by atoms with Crippen molar-refractivity contribution in [1.29, 1.82) is 0 Å². The first-order valence-corrected chi connectivity index (χ1v) is 8.88. The quantitative estimate of drug-likeness (QED) is 0.656. The summed E-state index contributed by atoms with van der Waals surface area (Å²) in [6.45, 7) is 8.89. The maximum absolute atomic E-state index is 12.3. The molecule has 1 saturated heterocycles. The summed E-state index contributed by atoms with van der Waals surface area (Å²) >= 11 is 0. The Kier molecular flexibility index (Phi) is 7.12. The van der Waals surface area contributed by atoms with Gasteiger partial charge in [-0.1, -0.05) is 6.07 Å². The molecule has 0 spiro atoms. The molecule has 2 aliphatic heterocycles. The van der Waals surface area contributed by atoms with Gasteiger partial charge in [0.1, 0.15) is 5.60 Å². The lowest BCUT2D eigenvalue weighted by Gasteiger charge is -2.39. The van der Waals surface area contributed by atoms with Crippen LogP contribution in [0.1, 0.15) is 26.5 Å². The van der Waals surface area contributed by atoms with Crippen LogP contribution in [-0.2, 0) is 11.3 Å². The van der Waals surface area contributed by atoms with Crippen LogP contribution in [0.5, 0.6) is 5.88 Å². The molecular formula is C18H28IN5O3. The fraction of sp³-hybridized carbons (Fsp3) is 0.611. The van der Waals surface area contributed by atoms with Crippen molar-refractivity contribution in [1.82, 2.24) is 20.1 Å². The van der Waals surface area contributed by atoms with Gasteiger partial charge < -0.3 is 24.6 Å². The van der Waals surface area contributed by atoms with E-state index in [1.807, 2.05) is 39.0 Å². The Balaban J connectivity index is 0.00000261. The lowest BCUT2D eigenvalue weighted by molar-refractivity contribution is 0.0137. The third-order valence-corrected chi connectivity index (χ3v) is 4.28. The van der Waals surface area contributed by atoms with Crippen LogP contribution in [0.15, 0.2) is 23.2 Å². The van der Waals surface area contributed by atoms with E-state index in [0.717, 1.165) is 18.2 Å². The molecule has 1 aromatic heterocycles. The molecule has 0 saturated carbocycles. The average molecular weight is 489 g/mol. The van der Waals surface area contributed by atoms with Crippen molar-refractivity contribution in [2.45, 2.75) is 39.0 Å². The first kappa shape index (κ1) is 21.5. The van der Waals surface area contributed by atoms with Crippen molar-refractivity contribution in [2.24, 2.45) is 4.99 Å². The van der Waals surface area contributed by atoms with E-state index in [0.29, 0.717) is 32.1 Å². The van der Waals surface area contributed by atoms with Crippen LogP contribution in [0, 0.1) is 0 Å². The number of ether oxygens (including phenoxy) is 2. The molecule has 1 amide bonds. The van der Waals surface area contributed by atoms with Gasteiger partial charge in [0.05, 0.1) is 31.9 Å². The molecule has 1 N–H and O–H groups in total. The van der Waals surface area contributed by atoms with Gasteiger partial charge in [-0.15, -0.1) is 24.0 Å². The smallest absolute Gasteiger partial charge is 0.410 e. The number of methoxy groups -OCH3 is 1. The summed E-state index contributed by atoms with van der Waals surface area (Å²) in [7, 11) is 1.61. The Morgan fingerprint density at radius 3 is 2.81 bits per heavy atom. The number of hydrogen-bond acceptors (Lipinski definition) is 7. The van der Waals surface area contributed by atoms with Gasteiger partial charge in [-0.05, 0) is 26.8 Å². The molecule has 1 aromatic rings. The second-order valence-corrected chi connectivity index (χ2v) is 7.46. The van der Waals surface area contributed by atoms with Crippen molar-refractivity contribution >= 4 is 36.0 Å². The van der Waals surface area contributed by atoms with Gasteiger partial charge in [-0.3, -0.25) is 4.99 Å². The van der Waals surface area contributed by atoms with Crippen LogP contribution in [0.4, 0.5) is 4.79 Å². The zero-order chi connectivity index (χ0) is 18.7. The number of nitrogens with zero attached hydrogens (tertiary/aromatic N) is 4. The lowest BCUT2D eigenvalue weighted by Crippen LogP contribution is -2.57. The monoisotopic (exact) mass is 489 g/mol. The standard InChI is InChI=1S/C18H27N5O3.HI/c1-18(2,3)26-17(24)22-8-9-23-14(12-22)11-20-16(23)19-10-13-6-5-7-15(21-13)25-4;/h5-7,14H,8-12H2,1-4H3,(H,19,20);1H. The Labute approximate surface area is 177 Å². The zero-order valence-electron chi connectivity index (χ0n) is 16.3. The Hall–Kier alpha value is -1.78. The molecule has 27 heavy (non-hydrogen) atoms. The van der Waals surface area contributed by atoms with Crippen LogP contribution < -0.4 is 10.1 Å². The molecule has 9 heteroatoms. The summed E-state index contributed by atoms with van der Waals surface area (Å²) in [4.78, 5) is 25.3. The van der Waals surface area contributed by atoms with E-state index in [1.165, 1.54) is 0 Å². The number of hydrogen-bond donors (Lipinski definition) is 1. The number of amides is 1. The van der Waals surface area contributed by atoms with E-state index in [9.17, 15) is 4.79 Å². The Bertz CT molecular complexity index is 692. The number of carbonyl (C=O) groups excluding carboxylic acids is 1. The molecule has 2 aliphatic rings. The summed E-state index contributed by atoms with van der Waals surface area (Å²) in [5.41, 5.74) is 0.416. The highest BCUT2D eigenvalue weighted by atomic mass is 127. The molecule has 3 heterocycles. The third kappa shape index (κ3) is 5.60. The number of aliphatic imine (C=N–C) groups is 1. The topological polar surface area (TPSA) is 79.3 Å². The minimum absolute atomic E-state index is 0. The van der Waals surface area contributed by atoms with E-state index >= 15 is 0 Å². The Morgan fingerprint density at radius 2 is 2.11 bits per heavy atom. The summed E-state index contributed by atoms with van der Waals surface area (Å²) in [5.74, 6) is 1.46. The molecule has 1 fully saturated rings. The zero-order valence-corrected chi connectivity index (χ0v) is 18.6. The van der Waals surface area contributed by atoms with Crippen molar-refractivity contribution in [3.8, 4) is 5.88 Å². The third-order valence-electron chi connectivity index (χ3n) is 4.28. The van der Waals surface area contributed by atoms with Gasteiger partial charge in [0.2, 0.25) is 5.88 Å². The van der Waals surface area contributed by atoms with Crippen molar-refractivity contribution in [3.63, 3.8) is 0 Å². The number of pyridine rings is 1. The van der Waals surface area contributed by atoms with Crippen LogP contribution >= 0.6 is 24.0 Å². The van der Waals surface area contributed by atoms with E-state index in [1.54, 1.807) is 12.0 Å². The van der Waals surface area contributed by atoms with Gasteiger partial charge >= 0.3 is 6.09 Å². The number of fused-ring (bicyclic) bond motifs is 1. The van der Waals surface area contributed by atoms with Crippen LogP contribution in [0.2, 0.25) is 0 Å².